The van der Waals surface area contributed by atoms with E-state index in [1.807, 2.05) is 53.4 Å². The van der Waals surface area contributed by atoms with Crippen molar-refractivity contribution in [3.8, 4) is 16.9 Å². The molecule has 4 rings (SSSR count). The maximum Gasteiger partial charge on any atom is 0.335 e. The number of anilines is 2. The number of rotatable bonds is 5. The molecular formula is C26H26N2O4. The minimum absolute atomic E-state index is 0.000879. The molecule has 32 heavy (non-hydrogen) atoms. The summed E-state index contributed by atoms with van der Waals surface area (Å²) < 4.78 is 5.35. The molecule has 0 saturated heterocycles. The molecule has 0 spiro atoms. The number of hydrogen-bond acceptors (Lipinski definition) is 4. The summed E-state index contributed by atoms with van der Waals surface area (Å²) in [7, 11) is 1.64. The van der Waals surface area contributed by atoms with E-state index in [-0.39, 0.29) is 23.6 Å². The summed E-state index contributed by atoms with van der Waals surface area (Å²) in [5, 5.41) is 12.8. The molecule has 6 heteroatoms. The van der Waals surface area contributed by atoms with Crippen molar-refractivity contribution < 1.29 is 19.4 Å². The number of aromatic carboxylic acids is 1. The first-order valence-corrected chi connectivity index (χ1v) is 10.6. The van der Waals surface area contributed by atoms with Gasteiger partial charge in [0.05, 0.1) is 18.7 Å². The number of ether oxygens (including phenoxy) is 1. The average Bonchev–Trinajstić information content (AvgIpc) is 2.78. The van der Waals surface area contributed by atoms with Gasteiger partial charge in [0.1, 0.15) is 5.75 Å². The summed E-state index contributed by atoms with van der Waals surface area (Å²) in [6, 6.07) is 20.7. The maximum atomic E-state index is 12.4. The van der Waals surface area contributed by atoms with Gasteiger partial charge in [-0.15, -0.1) is 0 Å². The van der Waals surface area contributed by atoms with Gasteiger partial charge in [-0.2, -0.15) is 0 Å². The number of nitrogens with zero attached hydrogens (tertiary/aromatic N) is 1. The van der Waals surface area contributed by atoms with E-state index in [0.717, 1.165) is 40.2 Å². The Kier molecular flexibility index (Phi) is 5.86. The Hall–Kier alpha value is -3.80. The number of carbonyl (C=O) groups is 2. The quantitative estimate of drug-likeness (QED) is 0.570. The van der Waals surface area contributed by atoms with Crippen LogP contribution in [-0.2, 0) is 4.79 Å². The van der Waals surface area contributed by atoms with E-state index < -0.39 is 5.97 Å². The minimum atomic E-state index is -0.948. The van der Waals surface area contributed by atoms with Crippen LogP contribution in [0.2, 0.25) is 0 Å². The van der Waals surface area contributed by atoms with Gasteiger partial charge in [0.15, 0.2) is 0 Å². The Morgan fingerprint density at radius 1 is 1.03 bits per heavy atom. The summed E-state index contributed by atoms with van der Waals surface area (Å²) in [6.07, 6.45) is 0.755. The van der Waals surface area contributed by atoms with Crippen molar-refractivity contribution in [1.82, 2.24) is 0 Å². The zero-order valence-corrected chi connectivity index (χ0v) is 18.3. The lowest BCUT2D eigenvalue weighted by Gasteiger charge is -2.39. The van der Waals surface area contributed by atoms with Gasteiger partial charge in [-0.25, -0.2) is 4.79 Å². The van der Waals surface area contributed by atoms with Crippen molar-refractivity contribution in [2.45, 2.75) is 32.4 Å². The van der Waals surface area contributed by atoms with Crippen molar-refractivity contribution in [2.75, 3.05) is 17.3 Å². The van der Waals surface area contributed by atoms with Crippen LogP contribution in [0.1, 0.15) is 42.2 Å². The van der Waals surface area contributed by atoms with Crippen molar-refractivity contribution >= 4 is 23.3 Å². The zero-order valence-electron chi connectivity index (χ0n) is 18.3. The number of fused-ring (bicyclic) bond motifs is 1. The van der Waals surface area contributed by atoms with Crippen LogP contribution in [0.3, 0.4) is 0 Å². The number of benzene rings is 3. The third-order valence-electron chi connectivity index (χ3n) is 5.90. The van der Waals surface area contributed by atoms with E-state index in [4.69, 9.17) is 9.84 Å². The number of nitrogens with one attached hydrogen (secondary N) is 1. The van der Waals surface area contributed by atoms with Crippen LogP contribution in [0.15, 0.2) is 66.7 Å². The highest BCUT2D eigenvalue weighted by Crippen LogP contribution is 2.41. The lowest BCUT2D eigenvalue weighted by Crippen LogP contribution is -2.43. The molecule has 2 atom stereocenters. The monoisotopic (exact) mass is 430 g/mol. The van der Waals surface area contributed by atoms with Crippen molar-refractivity contribution in [2.24, 2.45) is 0 Å². The molecule has 0 aliphatic carbocycles. The van der Waals surface area contributed by atoms with Gasteiger partial charge in [0.2, 0.25) is 5.91 Å². The molecule has 0 saturated carbocycles. The molecular weight excluding hydrogens is 404 g/mol. The van der Waals surface area contributed by atoms with Gasteiger partial charge in [-0.3, -0.25) is 4.79 Å². The number of hydrogen-bond donors (Lipinski definition) is 2. The molecule has 0 bridgehead atoms. The minimum Gasteiger partial charge on any atom is -0.497 e. The molecule has 1 heterocycles. The van der Waals surface area contributed by atoms with Gasteiger partial charge in [0, 0.05) is 30.4 Å². The Morgan fingerprint density at radius 3 is 2.41 bits per heavy atom. The fourth-order valence-electron chi connectivity index (χ4n) is 4.38. The summed E-state index contributed by atoms with van der Waals surface area (Å²) in [5.74, 6) is -0.163. The second kappa shape index (κ2) is 8.75. The number of carbonyl (C=O) groups excluding carboxylic acids is 1. The molecule has 0 fully saturated rings. The predicted molar refractivity (Wildman–Crippen MR) is 125 cm³/mol. The summed E-state index contributed by atoms with van der Waals surface area (Å²) in [5.41, 5.74) is 5.01. The van der Waals surface area contributed by atoms with Crippen LogP contribution in [0.4, 0.5) is 11.4 Å². The van der Waals surface area contributed by atoms with E-state index in [0.29, 0.717) is 0 Å². The van der Waals surface area contributed by atoms with E-state index >= 15 is 0 Å². The van der Waals surface area contributed by atoms with E-state index in [1.54, 1.807) is 26.2 Å². The second-order valence-electron chi connectivity index (χ2n) is 8.06. The Bertz CT molecular complexity index is 1160. The molecule has 2 N–H and O–H groups in total. The molecule has 6 nitrogen and oxygen atoms in total. The maximum absolute atomic E-state index is 12.4. The Morgan fingerprint density at radius 2 is 1.75 bits per heavy atom. The second-order valence-corrected chi connectivity index (χ2v) is 8.06. The smallest absolute Gasteiger partial charge is 0.335 e. The highest BCUT2D eigenvalue weighted by molar-refractivity contribution is 5.94. The highest BCUT2D eigenvalue weighted by atomic mass is 16.5. The highest BCUT2D eigenvalue weighted by Gasteiger charge is 2.32. The lowest BCUT2D eigenvalue weighted by atomic mass is 9.88. The van der Waals surface area contributed by atoms with E-state index in [9.17, 15) is 9.59 Å². The first-order chi connectivity index (χ1) is 15.4. The Balaban J connectivity index is 1.75. The van der Waals surface area contributed by atoms with Gasteiger partial charge in [0.25, 0.3) is 0 Å². The van der Waals surface area contributed by atoms with Crippen LogP contribution in [-0.4, -0.2) is 30.1 Å². The summed E-state index contributed by atoms with van der Waals surface area (Å²) in [4.78, 5) is 25.4. The normalized spacial score (nSPS) is 17.4. The molecule has 1 aliphatic rings. The van der Waals surface area contributed by atoms with Crippen LogP contribution in [0.5, 0.6) is 5.75 Å². The number of methoxy groups -OCH3 is 1. The SMILES string of the molecule is COc1cccc(N[C@H]2C[C@@H](C)N(C(C)=O)c3ccc(-c4ccc(C(=O)O)cc4)cc32)c1. The standard InChI is InChI=1S/C26H26N2O4/c1-16-13-24(27-21-5-4-6-22(15-21)32-3)23-14-20(11-12-25(23)28(16)17(2)29)18-7-9-19(10-8-18)26(30)31/h4-12,14-16,24,27H,13H2,1-3H3,(H,30,31)/t16-,24+/m1/s1. The van der Waals surface area contributed by atoms with Gasteiger partial charge in [-0.05, 0) is 66.4 Å². The van der Waals surface area contributed by atoms with Gasteiger partial charge >= 0.3 is 5.97 Å². The fourth-order valence-corrected chi connectivity index (χ4v) is 4.38. The van der Waals surface area contributed by atoms with Crippen molar-refractivity contribution in [1.29, 1.82) is 0 Å². The average molecular weight is 431 g/mol. The summed E-state index contributed by atoms with van der Waals surface area (Å²) in [6.45, 7) is 3.65. The predicted octanol–water partition coefficient (Wildman–Crippen LogP) is 5.36. The molecule has 0 unspecified atom stereocenters. The van der Waals surface area contributed by atoms with Gasteiger partial charge < -0.3 is 20.1 Å². The van der Waals surface area contributed by atoms with Crippen molar-refractivity contribution in [3.63, 3.8) is 0 Å². The molecule has 0 radical (unpaired) electrons. The molecule has 3 aromatic rings. The zero-order chi connectivity index (χ0) is 22.8. The van der Waals surface area contributed by atoms with Crippen LogP contribution in [0.25, 0.3) is 11.1 Å². The van der Waals surface area contributed by atoms with Crippen LogP contribution in [0, 0.1) is 0 Å². The number of carboxylic acids is 1. The van der Waals surface area contributed by atoms with Crippen LogP contribution < -0.4 is 15.0 Å². The third kappa shape index (κ3) is 4.17. The molecule has 1 amide bonds. The molecule has 3 aromatic carbocycles. The van der Waals surface area contributed by atoms with Crippen molar-refractivity contribution in [3.05, 3.63) is 77.9 Å². The molecule has 164 valence electrons. The first kappa shape index (κ1) is 21.4. The first-order valence-electron chi connectivity index (χ1n) is 10.6. The van der Waals surface area contributed by atoms with E-state index in [1.165, 1.54) is 0 Å². The largest absolute Gasteiger partial charge is 0.497 e. The Labute approximate surface area is 187 Å². The molecule has 1 aliphatic heterocycles. The number of amides is 1. The third-order valence-corrected chi connectivity index (χ3v) is 5.90. The summed E-state index contributed by atoms with van der Waals surface area (Å²) >= 11 is 0. The van der Waals surface area contributed by atoms with Crippen LogP contribution >= 0.6 is 0 Å². The number of carboxylic acid groups (broad SMARTS) is 1. The topological polar surface area (TPSA) is 78.9 Å². The lowest BCUT2D eigenvalue weighted by molar-refractivity contribution is -0.117. The fraction of sp³-hybridized carbons (Fsp3) is 0.231. The molecule has 0 aromatic heterocycles. The van der Waals surface area contributed by atoms with Gasteiger partial charge in [-0.1, -0.05) is 24.3 Å². The van der Waals surface area contributed by atoms with E-state index in [2.05, 4.69) is 18.3 Å².